The molecule has 0 fully saturated rings. The first-order valence-corrected chi connectivity index (χ1v) is 5.37. The first kappa shape index (κ1) is 13.2. The first-order chi connectivity index (χ1) is 9.65. The summed E-state index contributed by atoms with van der Waals surface area (Å²) in [6.45, 7) is 0. The van der Waals surface area contributed by atoms with Crippen molar-refractivity contribution in [2.45, 2.75) is 0 Å². The quantitative estimate of drug-likeness (QED) is 0.618. The smallest absolute Gasteiger partial charge is 0.314 e. The summed E-state index contributed by atoms with van der Waals surface area (Å²) < 4.78 is 10.2. The van der Waals surface area contributed by atoms with Crippen molar-refractivity contribution in [3.63, 3.8) is 0 Å². The Kier molecular flexibility index (Phi) is 3.72. The maximum absolute atomic E-state index is 10.9. The van der Waals surface area contributed by atoms with Gasteiger partial charge in [0.25, 0.3) is 5.88 Å². The van der Waals surface area contributed by atoms with Gasteiger partial charge < -0.3 is 9.47 Å². The van der Waals surface area contributed by atoms with Gasteiger partial charge >= 0.3 is 5.69 Å². The lowest BCUT2D eigenvalue weighted by Gasteiger charge is -2.06. The highest BCUT2D eigenvalue weighted by Gasteiger charge is 2.17. The van der Waals surface area contributed by atoms with Gasteiger partial charge in [0, 0.05) is 12.4 Å². The molecule has 2 rings (SSSR count). The first-order valence-electron chi connectivity index (χ1n) is 5.37. The summed E-state index contributed by atoms with van der Waals surface area (Å²) in [5, 5.41) is 19.8. The van der Waals surface area contributed by atoms with E-state index in [1.54, 1.807) is 0 Å². The molecule has 8 heteroatoms. The van der Waals surface area contributed by atoms with Crippen LogP contribution in [0.3, 0.4) is 0 Å². The molecule has 0 N–H and O–H groups in total. The number of benzene rings is 1. The third-order valence-corrected chi connectivity index (χ3v) is 2.33. The summed E-state index contributed by atoms with van der Waals surface area (Å²) in [4.78, 5) is 17.9. The highest BCUT2D eigenvalue weighted by atomic mass is 16.6. The maximum atomic E-state index is 10.9. The average Bonchev–Trinajstić information content (AvgIpc) is 2.47. The number of methoxy groups -OCH3 is 1. The van der Waals surface area contributed by atoms with Gasteiger partial charge in [-0.15, -0.1) is 0 Å². The molecule has 0 unspecified atom stereocenters. The minimum absolute atomic E-state index is 0.00836. The molecule has 1 aromatic heterocycles. The van der Waals surface area contributed by atoms with Crippen molar-refractivity contribution in [2.24, 2.45) is 0 Å². The Balaban J connectivity index is 2.37. The molecular formula is C12H8N4O4. The van der Waals surface area contributed by atoms with Gasteiger partial charge in [0.1, 0.15) is 11.8 Å². The molecule has 0 aliphatic heterocycles. The Hall–Kier alpha value is -3.21. The predicted octanol–water partition coefficient (Wildman–Crippen LogP) is 2.06. The molecule has 20 heavy (non-hydrogen) atoms. The molecule has 0 atom stereocenters. The maximum Gasteiger partial charge on any atom is 0.314 e. The van der Waals surface area contributed by atoms with E-state index in [2.05, 4.69) is 9.97 Å². The minimum Gasteiger partial charge on any atom is -0.490 e. The summed E-state index contributed by atoms with van der Waals surface area (Å²) in [6, 6.07) is 5.88. The zero-order chi connectivity index (χ0) is 14.5. The standard InChI is InChI=1S/C12H8N4O4/c1-19-11-3-2-8(6-10(11)16(17)18)20-12-9(7-13)14-4-5-15-12/h2-6H,1H3. The molecule has 0 radical (unpaired) electrons. The van der Waals surface area contributed by atoms with E-state index in [9.17, 15) is 10.1 Å². The summed E-state index contributed by atoms with van der Waals surface area (Å²) >= 11 is 0. The Labute approximate surface area is 113 Å². The van der Waals surface area contributed by atoms with E-state index in [0.29, 0.717) is 0 Å². The highest BCUT2D eigenvalue weighted by molar-refractivity contribution is 5.51. The number of hydrogen-bond acceptors (Lipinski definition) is 7. The van der Waals surface area contributed by atoms with Gasteiger partial charge in [0.2, 0.25) is 5.69 Å². The molecule has 8 nitrogen and oxygen atoms in total. The molecular weight excluding hydrogens is 264 g/mol. The van der Waals surface area contributed by atoms with E-state index in [1.807, 2.05) is 6.07 Å². The van der Waals surface area contributed by atoms with Crippen molar-refractivity contribution >= 4 is 5.69 Å². The molecule has 0 bridgehead atoms. The molecule has 100 valence electrons. The van der Waals surface area contributed by atoms with E-state index >= 15 is 0 Å². The fourth-order valence-electron chi connectivity index (χ4n) is 1.46. The molecule has 0 aliphatic carbocycles. The average molecular weight is 272 g/mol. The van der Waals surface area contributed by atoms with Gasteiger partial charge in [-0.05, 0) is 12.1 Å². The fraction of sp³-hybridized carbons (Fsp3) is 0.0833. The lowest BCUT2D eigenvalue weighted by atomic mass is 10.3. The molecule has 0 saturated heterocycles. The summed E-state index contributed by atoms with van der Waals surface area (Å²) in [7, 11) is 1.33. The van der Waals surface area contributed by atoms with Crippen molar-refractivity contribution in [3.05, 3.63) is 46.4 Å². The minimum atomic E-state index is -0.590. The van der Waals surface area contributed by atoms with Crippen LogP contribution in [0.2, 0.25) is 0 Å². The second kappa shape index (κ2) is 5.62. The summed E-state index contributed by atoms with van der Waals surface area (Å²) in [5.41, 5.74) is -0.252. The lowest BCUT2D eigenvalue weighted by Crippen LogP contribution is -1.97. The number of nitrogens with zero attached hydrogens (tertiary/aromatic N) is 4. The van der Waals surface area contributed by atoms with Crippen molar-refractivity contribution in [1.29, 1.82) is 5.26 Å². The Morgan fingerprint density at radius 1 is 1.35 bits per heavy atom. The molecule has 1 aromatic carbocycles. The molecule has 2 aromatic rings. The van der Waals surface area contributed by atoms with E-state index in [4.69, 9.17) is 14.7 Å². The number of nitriles is 1. The SMILES string of the molecule is COc1ccc(Oc2nccnc2C#N)cc1[N+](=O)[O-]. The summed E-state index contributed by atoms with van der Waals surface area (Å²) in [5.74, 6) is 0.256. The van der Waals surface area contributed by atoms with E-state index < -0.39 is 4.92 Å². The van der Waals surface area contributed by atoms with Crippen molar-refractivity contribution in [3.8, 4) is 23.4 Å². The number of nitro benzene ring substituents is 1. The third-order valence-electron chi connectivity index (χ3n) is 2.33. The molecule has 0 amide bonds. The number of rotatable bonds is 4. The largest absolute Gasteiger partial charge is 0.490 e. The van der Waals surface area contributed by atoms with Crippen LogP contribution >= 0.6 is 0 Å². The van der Waals surface area contributed by atoms with Gasteiger partial charge in [-0.2, -0.15) is 5.26 Å². The fourth-order valence-corrected chi connectivity index (χ4v) is 1.46. The van der Waals surface area contributed by atoms with Crippen LogP contribution in [0, 0.1) is 21.4 Å². The van der Waals surface area contributed by atoms with Crippen LogP contribution in [0.5, 0.6) is 17.4 Å². The second-order valence-corrected chi connectivity index (χ2v) is 3.51. The molecule has 0 saturated carbocycles. The van der Waals surface area contributed by atoms with E-state index in [1.165, 1.54) is 37.7 Å². The topological polar surface area (TPSA) is 111 Å². The highest BCUT2D eigenvalue weighted by Crippen LogP contribution is 2.32. The lowest BCUT2D eigenvalue weighted by molar-refractivity contribution is -0.385. The van der Waals surface area contributed by atoms with Gasteiger partial charge in [-0.1, -0.05) is 0 Å². The van der Waals surface area contributed by atoms with Crippen molar-refractivity contribution in [2.75, 3.05) is 7.11 Å². The Morgan fingerprint density at radius 2 is 2.10 bits per heavy atom. The van der Waals surface area contributed by atoms with Crippen LogP contribution in [0.15, 0.2) is 30.6 Å². The van der Waals surface area contributed by atoms with Crippen LogP contribution in [-0.2, 0) is 0 Å². The molecule has 0 spiro atoms. The Morgan fingerprint density at radius 3 is 2.75 bits per heavy atom. The van der Waals surface area contributed by atoms with Crippen LogP contribution in [-0.4, -0.2) is 22.0 Å². The van der Waals surface area contributed by atoms with Crippen LogP contribution in [0.4, 0.5) is 5.69 Å². The monoisotopic (exact) mass is 272 g/mol. The van der Waals surface area contributed by atoms with Crippen LogP contribution in [0.25, 0.3) is 0 Å². The normalized spacial score (nSPS) is 9.60. The number of aromatic nitrogens is 2. The number of hydrogen-bond donors (Lipinski definition) is 0. The number of nitro groups is 1. The van der Waals surface area contributed by atoms with E-state index in [-0.39, 0.29) is 28.8 Å². The van der Waals surface area contributed by atoms with Gasteiger partial charge in [0.05, 0.1) is 18.1 Å². The second-order valence-electron chi connectivity index (χ2n) is 3.51. The zero-order valence-electron chi connectivity index (χ0n) is 10.3. The third kappa shape index (κ3) is 2.62. The van der Waals surface area contributed by atoms with Gasteiger partial charge in [-0.3, -0.25) is 10.1 Å². The Bertz CT molecular complexity index is 696. The van der Waals surface area contributed by atoms with Crippen molar-refractivity contribution in [1.82, 2.24) is 9.97 Å². The zero-order valence-corrected chi connectivity index (χ0v) is 10.3. The van der Waals surface area contributed by atoms with Crippen LogP contribution < -0.4 is 9.47 Å². The van der Waals surface area contributed by atoms with Crippen LogP contribution in [0.1, 0.15) is 5.69 Å². The van der Waals surface area contributed by atoms with Gasteiger partial charge in [0.15, 0.2) is 5.75 Å². The summed E-state index contributed by atoms with van der Waals surface area (Å²) in [6.07, 6.45) is 2.70. The van der Waals surface area contributed by atoms with Crippen molar-refractivity contribution < 1.29 is 14.4 Å². The molecule has 1 heterocycles. The molecule has 0 aliphatic rings. The number of ether oxygens (including phenoxy) is 2. The van der Waals surface area contributed by atoms with E-state index in [0.717, 1.165) is 0 Å². The van der Waals surface area contributed by atoms with Gasteiger partial charge in [-0.25, -0.2) is 9.97 Å². The predicted molar refractivity (Wildman–Crippen MR) is 66.5 cm³/mol.